The predicted octanol–water partition coefficient (Wildman–Crippen LogP) is 3.51. The summed E-state index contributed by atoms with van der Waals surface area (Å²) in [6, 6.07) is 15.3. The van der Waals surface area contributed by atoms with Gasteiger partial charge in [0.15, 0.2) is 0 Å². The van der Waals surface area contributed by atoms with Crippen molar-refractivity contribution >= 4 is 6.47 Å². The minimum absolute atomic E-state index is 0.140. The van der Waals surface area contributed by atoms with Crippen LogP contribution in [0.25, 0.3) is 16.9 Å². The van der Waals surface area contributed by atoms with Gasteiger partial charge in [-0.25, -0.2) is 4.68 Å². The molecule has 3 aromatic rings. The number of rotatable bonds is 4. The molecular formula is C24H28N4O3. The van der Waals surface area contributed by atoms with Gasteiger partial charge in [0.1, 0.15) is 0 Å². The van der Waals surface area contributed by atoms with Crippen LogP contribution in [0, 0.1) is 0 Å². The number of aliphatic hydroxyl groups is 1. The van der Waals surface area contributed by atoms with Crippen LogP contribution in [0.5, 0.6) is 0 Å². The topological polar surface area (TPSA) is 91.5 Å². The van der Waals surface area contributed by atoms with E-state index in [2.05, 4.69) is 28.2 Å². The van der Waals surface area contributed by atoms with Crippen LogP contribution in [-0.4, -0.2) is 54.5 Å². The van der Waals surface area contributed by atoms with E-state index in [1.54, 1.807) is 0 Å². The van der Waals surface area contributed by atoms with Crippen LogP contribution < -0.4 is 0 Å². The highest BCUT2D eigenvalue weighted by molar-refractivity contribution is 5.62. The second-order valence-corrected chi connectivity index (χ2v) is 8.16. The Bertz CT molecular complexity index is 963. The van der Waals surface area contributed by atoms with Crippen LogP contribution in [-0.2, 0) is 11.3 Å². The molecule has 1 unspecified atom stereocenters. The largest absolute Gasteiger partial charge is 0.483 e. The molecule has 0 saturated carbocycles. The lowest BCUT2D eigenvalue weighted by atomic mass is 9.82. The Hall–Kier alpha value is -3.03. The van der Waals surface area contributed by atoms with Crippen molar-refractivity contribution in [1.82, 2.24) is 19.7 Å². The molecule has 2 aliphatic rings. The van der Waals surface area contributed by atoms with Gasteiger partial charge >= 0.3 is 0 Å². The number of pyridine rings is 1. The number of nitrogens with zero attached hydrogens (tertiary/aromatic N) is 4. The van der Waals surface area contributed by atoms with E-state index < -0.39 is 0 Å². The van der Waals surface area contributed by atoms with Crippen LogP contribution in [0.3, 0.4) is 0 Å². The first kappa shape index (κ1) is 21.2. The summed E-state index contributed by atoms with van der Waals surface area (Å²) in [6.45, 7) is 0.631. The zero-order valence-electron chi connectivity index (χ0n) is 17.4. The molecule has 2 aromatic heterocycles. The normalized spacial score (nSPS) is 22.9. The SMILES string of the molecule is O=CO.OC1C[C@H]2CCC[C@@H](C1)N2Cc1cn(-c2ccccc2)nc1-c1ccncc1. The maximum Gasteiger partial charge on any atom is 0.290 e. The molecule has 2 saturated heterocycles. The number of carboxylic acid groups (broad SMARTS) is 1. The first-order chi connectivity index (χ1) is 15.2. The van der Waals surface area contributed by atoms with E-state index in [0.29, 0.717) is 12.1 Å². The van der Waals surface area contributed by atoms with Crippen LogP contribution in [0.15, 0.2) is 61.1 Å². The maximum atomic E-state index is 10.2. The average molecular weight is 421 g/mol. The fourth-order valence-electron chi connectivity index (χ4n) is 4.90. The van der Waals surface area contributed by atoms with Gasteiger partial charge in [-0.1, -0.05) is 24.6 Å². The zero-order chi connectivity index (χ0) is 21.6. The summed E-state index contributed by atoms with van der Waals surface area (Å²) in [7, 11) is 0. The van der Waals surface area contributed by atoms with E-state index in [0.717, 1.165) is 36.3 Å². The molecular weight excluding hydrogens is 392 g/mol. The molecule has 1 aromatic carbocycles. The van der Waals surface area contributed by atoms with Crippen molar-refractivity contribution in [3.05, 3.63) is 66.6 Å². The summed E-state index contributed by atoms with van der Waals surface area (Å²) >= 11 is 0. The third kappa shape index (κ3) is 4.84. The molecule has 2 bridgehead atoms. The Kier molecular flexibility index (Phi) is 6.74. The molecule has 4 heterocycles. The molecule has 31 heavy (non-hydrogen) atoms. The smallest absolute Gasteiger partial charge is 0.290 e. The van der Waals surface area contributed by atoms with Gasteiger partial charge in [-0.15, -0.1) is 0 Å². The highest BCUT2D eigenvalue weighted by atomic mass is 16.3. The van der Waals surface area contributed by atoms with Crippen LogP contribution in [0.2, 0.25) is 0 Å². The molecule has 2 fully saturated rings. The number of hydrogen-bond acceptors (Lipinski definition) is 5. The number of carbonyl (C=O) groups is 1. The van der Waals surface area contributed by atoms with Gasteiger partial charge in [0.25, 0.3) is 6.47 Å². The summed E-state index contributed by atoms with van der Waals surface area (Å²) in [6.07, 6.45) is 11.1. The number of fused-ring (bicyclic) bond motifs is 2. The van der Waals surface area contributed by atoms with Crippen LogP contribution in [0.4, 0.5) is 0 Å². The first-order valence-electron chi connectivity index (χ1n) is 10.8. The van der Waals surface area contributed by atoms with Crippen LogP contribution in [0.1, 0.15) is 37.7 Å². The lowest BCUT2D eigenvalue weighted by Crippen LogP contribution is -2.52. The molecule has 0 spiro atoms. The summed E-state index contributed by atoms with van der Waals surface area (Å²) in [5.41, 5.74) is 4.43. The van der Waals surface area contributed by atoms with E-state index in [-0.39, 0.29) is 12.6 Å². The molecule has 7 heteroatoms. The van der Waals surface area contributed by atoms with Crippen molar-refractivity contribution in [2.75, 3.05) is 0 Å². The Balaban J connectivity index is 0.000000730. The molecule has 0 amide bonds. The van der Waals surface area contributed by atoms with Crippen molar-refractivity contribution in [3.8, 4) is 16.9 Å². The Morgan fingerprint density at radius 3 is 2.32 bits per heavy atom. The highest BCUT2D eigenvalue weighted by Gasteiger charge is 2.38. The monoisotopic (exact) mass is 420 g/mol. The van der Waals surface area contributed by atoms with Crippen molar-refractivity contribution in [1.29, 1.82) is 0 Å². The highest BCUT2D eigenvalue weighted by Crippen LogP contribution is 2.36. The van der Waals surface area contributed by atoms with E-state index in [1.807, 2.05) is 47.4 Å². The zero-order valence-corrected chi connectivity index (χ0v) is 17.4. The number of aromatic nitrogens is 3. The van der Waals surface area contributed by atoms with E-state index in [1.165, 1.54) is 24.8 Å². The molecule has 0 radical (unpaired) electrons. The van der Waals surface area contributed by atoms with Crippen molar-refractivity contribution in [2.24, 2.45) is 0 Å². The molecule has 162 valence electrons. The predicted molar refractivity (Wildman–Crippen MR) is 118 cm³/mol. The fourth-order valence-corrected chi connectivity index (χ4v) is 4.90. The minimum atomic E-state index is -0.250. The van der Waals surface area contributed by atoms with Gasteiger partial charge in [-0.05, 0) is 49.9 Å². The number of aliphatic hydroxyl groups excluding tert-OH is 1. The molecule has 3 atom stereocenters. The van der Waals surface area contributed by atoms with Crippen molar-refractivity contribution < 1.29 is 15.0 Å². The lowest BCUT2D eigenvalue weighted by Gasteiger charge is -2.47. The third-order valence-electron chi connectivity index (χ3n) is 6.22. The summed E-state index contributed by atoms with van der Waals surface area (Å²) in [4.78, 5) is 15.1. The average Bonchev–Trinajstić information content (AvgIpc) is 3.20. The lowest BCUT2D eigenvalue weighted by molar-refractivity contribution is -0.122. The third-order valence-corrected chi connectivity index (χ3v) is 6.22. The Morgan fingerprint density at radius 2 is 1.68 bits per heavy atom. The summed E-state index contributed by atoms with van der Waals surface area (Å²) in [5, 5.41) is 22.1. The fraction of sp³-hybridized carbons (Fsp3) is 0.375. The molecule has 2 N–H and O–H groups in total. The van der Waals surface area contributed by atoms with Gasteiger partial charge in [0, 0.05) is 48.3 Å². The van der Waals surface area contributed by atoms with Gasteiger partial charge in [-0.2, -0.15) is 5.10 Å². The molecule has 5 rings (SSSR count). The first-order valence-corrected chi connectivity index (χ1v) is 10.8. The van der Waals surface area contributed by atoms with Gasteiger partial charge in [0.2, 0.25) is 0 Å². The quantitative estimate of drug-likeness (QED) is 0.628. The second kappa shape index (κ2) is 9.85. The Labute approximate surface area is 182 Å². The van der Waals surface area contributed by atoms with Gasteiger partial charge in [0.05, 0.1) is 17.5 Å². The molecule has 0 aliphatic carbocycles. The Morgan fingerprint density at radius 1 is 1.03 bits per heavy atom. The van der Waals surface area contributed by atoms with Crippen LogP contribution >= 0.6 is 0 Å². The number of hydrogen-bond donors (Lipinski definition) is 2. The van der Waals surface area contributed by atoms with E-state index >= 15 is 0 Å². The maximum absolute atomic E-state index is 10.2. The second-order valence-electron chi connectivity index (χ2n) is 8.16. The summed E-state index contributed by atoms with van der Waals surface area (Å²) in [5.74, 6) is 0. The van der Waals surface area contributed by atoms with Crippen molar-refractivity contribution in [2.45, 2.75) is 56.8 Å². The minimum Gasteiger partial charge on any atom is -0.483 e. The number of piperidine rings is 2. The standard InChI is InChI=1S/C23H26N4O.CH2O2/c28-22-13-20-7-4-8-21(14-22)26(20)15-18-16-27(19-5-2-1-3-6-19)25-23(18)17-9-11-24-12-10-17;2-1-3/h1-3,5-6,9-12,16,20-22,28H,4,7-8,13-15H2;1H,(H,2,3)/t20-,21+,22?;. The van der Waals surface area contributed by atoms with Crippen molar-refractivity contribution in [3.63, 3.8) is 0 Å². The van der Waals surface area contributed by atoms with Gasteiger partial charge in [-0.3, -0.25) is 14.7 Å². The molecule has 7 nitrogen and oxygen atoms in total. The summed E-state index contributed by atoms with van der Waals surface area (Å²) < 4.78 is 1.99. The van der Waals surface area contributed by atoms with E-state index in [4.69, 9.17) is 15.0 Å². The van der Waals surface area contributed by atoms with E-state index in [9.17, 15) is 5.11 Å². The number of benzene rings is 1. The van der Waals surface area contributed by atoms with Gasteiger partial charge < -0.3 is 10.2 Å². The molecule has 2 aliphatic heterocycles. The number of para-hydroxylation sites is 1.